The minimum Gasteiger partial charge on any atom is -0.366 e. The average Bonchev–Trinajstić information content (AvgIpc) is 2.57. The summed E-state index contributed by atoms with van der Waals surface area (Å²) in [6.45, 7) is 6.82. The Kier molecular flexibility index (Phi) is 6.01. The normalized spacial score (nSPS) is 18.3. The predicted octanol–water partition coefficient (Wildman–Crippen LogP) is 3.99. The highest BCUT2D eigenvalue weighted by Crippen LogP contribution is 2.37. The van der Waals surface area contributed by atoms with E-state index in [2.05, 4.69) is 5.32 Å². The van der Waals surface area contributed by atoms with Crippen LogP contribution in [0.1, 0.15) is 39.2 Å². The maximum Gasteiger partial charge on any atom is 0.416 e. The van der Waals surface area contributed by atoms with Gasteiger partial charge in [0.2, 0.25) is 5.91 Å². The lowest BCUT2D eigenvalue weighted by molar-refractivity contribution is -0.384. The van der Waals surface area contributed by atoms with E-state index in [0.29, 0.717) is 25.7 Å². The van der Waals surface area contributed by atoms with Gasteiger partial charge in [-0.1, -0.05) is 20.8 Å². The van der Waals surface area contributed by atoms with Crippen LogP contribution < -0.4 is 10.2 Å². The number of halogens is 3. The van der Waals surface area contributed by atoms with Gasteiger partial charge in [0.25, 0.3) is 5.69 Å². The topological polar surface area (TPSA) is 75.5 Å². The molecule has 1 N–H and O–H groups in total. The van der Waals surface area contributed by atoms with Gasteiger partial charge in [-0.2, -0.15) is 13.2 Å². The van der Waals surface area contributed by atoms with Crippen molar-refractivity contribution in [1.82, 2.24) is 5.32 Å². The van der Waals surface area contributed by atoms with Crippen molar-refractivity contribution in [2.45, 2.75) is 39.8 Å². The van der Waals surface area contributed by atoms with Crippen LogP contribution in [-0.2, 0) is 11.0 Å². The lowest BCUT2D eigenvalue weighted by Gasteiger charge is -2.34. The van der Waals surface area contributed by atoms with Crippen molar-refractivity contribution in [3.05, 3.63) is 33.9 Å². The van der Waals surface area contributed by atoms with E-state index in [4.69, 9.17) is 0 Å². The van der Waals surface area contributed by atoms with E-state index in [9.17, 15) is 28.1 Å². The fourth-order valence-electron chi connectivity index (χ4n) is 3.07. The highest BCUT2D eigenvalue weighted by Gasteiger charge is 2.34. The number of amides is 1. The Morgan fingerprint density at radius 2 is 2.00 bits per heavy atom. The predicted molar refractivity (Wildman–Crippen MR) is 95.5 cm³/mol. The third-order valence-electron chi connectivity index (χ3n) is 4.59. The van der Waals surface area contributed by atoms with Gasteiger partial charge < -0.3 is 10.2 Å². The summed E-state index contributed by atoms with van der Waals surface area (Å²) in [5.74, 6) is -0.00733. The number of rotatable bonds is 4. The second kappa shape index (κ2) is 7.74. The van der Waals surface area contributed by atoms with Gasteiger partial charge in [0.15, 0.2) is 0 Å². The fraction of sp³-hybridized carbons (Fsp3) is 0.611. The Balaban J connectivity index is 2.15. The van der Waals surface area contributed by atoms with E-state index in [1.54, 1.807) is 25.7 Å². The molecule has 1 atom stereocenters. The first-order valence-electron chi connectivity index (χ1n) is 8.78. The van der Waals surface area contributed by atoms with Gasteiger partial charge in [0, 0.05) is 31.1 Å². The number of carbonyl (C=O) groups is 1. The van der Waals surface area contributed by atoms with Crippen LogP contribution in [-0.4, -0.2) is 30.5 Å². The Labute approximate surface area is 155 Å². The van der Waals surface area contributed by atoms with Gasteiger partial charge in [-0.25, -0.2) is 0 Å². The number of hydrogen-bond donors (Lipinski definition) is 1. The summed E-state index contributed by atoms with van der Waals surface area (Å²) in [6, 6.07) is 2.62. The third kappa shape index (κ3) is 5.33. The van der Waals surface area contributed by atoms with Gasteiger partial charge in [0.05, 0.1) is 10.5 Å². The summed E-state index contributed by atoms with van der Waals surface area (Å²) in [5, 5.41) is 14.2. The van der Waals surface area contributed by atoms with Crippen molar-refractivity contribution in [2.24, 2.45) is 11.3 Å². The van der Waals surface area contributed by atoms with Gasteiger partial charge in [0.1, 0.15) is 5.69 Å². The van der Waals surface area contributed by atoms with Crippen LogP contribution in [0.2, 0.25) is 0 Å². The molecule has 0 aliphatic carbocycles. The van der Waals surface area contributed by atoms with E-state index in [1.165, 1.54) is 0 Å². The van der Waals surface area contributed by atoms with E-state index in [0.717, 1.165) is 25.0 Å². The molecule has 0 radical (unpaired) electrons. The zero-order chi connectivity index (χ0) is 20.4. The summed E-state index contributed by atoms with van der Waals surface area (Å²) >= 11 is 0. The maximum atomic E-state index is 12.9. The highest BCUT2D eigenvalue weighted by atomic mass is 19.4. The summed E-state index contributed by atoms with van der Waals surface area (Å²) in [4.78, 5) is 24.3. The summed E-state index contributed by atoms with van der Waals surface area (Å²) < 4.78 is 38.6. The molecule has 1 fully saturated rings. The molecule has 1 aromatic rings. The zero-order valence-corrected chi connectivity index (χ0v) is 15.6. The Morgan fingerprint density at radius 3 is 2.56 bits per heavy atom. The number of alkyl halides is 3. The number of piperidine rings is 1. The highest BCUT2D eigenvalue weighted by molar-refractivity contribution is 5.81. The van der Waals surface area contributed by atoms with Crippen LogP contribution in [0.5, 0.6) is 0 Å². The molecule has 2 rings (SSSR count). The van der Waals surface area contributed by atoms with E-state index < -0.39 is 27.8 Å². The van der Waals surface area contributed by atoms with Crippen molar-refractivity contribution < 1.29 is 22.9 Å². The molecule has 1 aliphatic heterocycles. The molecule has 1 heterocycles. The third-order valence-corrected chi connectivity index (χ3v) is 4.59. The van der Waals surface area contributed by atoms with Crippen molar-refractivity contribution in [1.29, 1.82) is 0 Å². The average molecular weight is 387 g/mol. The van der Waals surface area contributed by atoms with E-state index in [1.807, 2.05) is 0 Å². The largest absolute Gasteiger partial charge is 0.416 e. The molecule has 1 aromatic carbocycles. The summed E-state index contributed by atoms with van der Waals surface area (Å²) in [5.41, 5.74) is -1.92. The van der Waals surface area contributed by atoms with Crippen molar-refractivity contribution in [3.63, 3.8) is 0 Å². The number of carbonyl (C=O) groups excluding carboxylic acids is 1. The number of benzene rings is 1. The van der Waals surface area contributed by atoms with Gasteiger partial charge >= 0.3 is 6.18 Å². The first kappa shape index (κ1) is 21.0. The zero-order valence-electron chi connectivity index (χ0n) is 15.6. The second-order valence-corrected chi connectivity index (χ2v) is 7.87. The SMILES string of the molecule is CC(C)(C)C(=O)NCC1CCCN(c2ccc(C(F)(F)F)cc2[N+](=O)[O-])C1. The van der Waals surface area contributed by atoms with Gasteiger partial charge in [-0.15, -0.1) is 0 Å². The molecule has 6 nitrogen and oxygen atoms in total. The number of anilines is 1. The number of nitro groups is 1. The first-order chi connectivity index (χ1) is 12.4. The molecule has 0 bridgehead atoms. The number of nitro benzene ring substituents is 1. The molecule has 9 heteroatoms. The minimum absolute atomic E-state index is 0.0759. The first-order valence-corrected chi connectivity index (χ1v) is 8.78. The van der Waals surface area contributed by atoms with Crippen LogP contribution in [0.3, 0.4) is 0 Å². The van der Waals surface area contributed by atoms with Crippen LogP contribution in [0.15, 0.2) is 18.2 Å². The number of nitrogens with zero attached hydrogens (tertiary/aromatic N) is 2. The molecule has 0 aromatic heterocycles. The van der Waals surface area contributed by atoms with Crippen molar-refractivity contribution >= 4 is 17.3 Å². The molecule has 1 saturated heterocycles. The van der Waals surface area contributed by atoms with Crippen LogP contribution in [0, 0.1) is 21.4 Å². The van der Waals surface area contributed by atoms with Crippen molar-refractivity contribution in [2.75, 3.05) is 24.5 Å². The summed E-state index contributed by atoms with van der Waals surface area (Å²) in [7, 11) is 0. The fourth-order valence-corrected chi connectivity index (χ4v) is 3.07. The lowest BCUT2D eigenvalue weighted by Crippen LogP contribution is -2.43. The maximum absolute atomic E-state index is 12.9. The lowest BCUT2D eigenvalue weighted by atomic mass is 9.93. The molecule has 0 saturated carbocycles. The van der Waals surface area contributed by atoms with Crippen LogP contribution in [0.25, 0.3) is 0 Å². The Morgan fingerprint density at radius 1 is 1.33 bits per heavy atom. The molecule has 27 heavy (non-hydrogen) atoms. The molecular formula is C18H24F3N3O3. The van der Waals surface area contributed by atoms with Gasteiger partial charge in [-0.3, -0.25) is 14.9 Å². The monoisotopic (exact) mass is 387 g/mol. The quantitative estimate of drug-likeness (QED) is 0.626. The number of nitrogens with one attached hydrogen (secondary N) is 1. The van der Waals surface area contributed by atoms with Crippen molar-refractivity contribution in [3.8, 4) is 0 Å². The molecule has 1 amide bonds. The van der Waals surface area contributed by atoms with Gasteiger partial charge in [-0.05, 0) is 30.9 Å². The smallest absolute Gasteiger partial charge is 0.366 e. The van der Waals surface area contributed by atoms with E-state index >= 15 is 0 Å². The molecule has 150 valence electrons. The number of hydrogen-bond acceptors (Lipinski definition) is 4. The molecule has 0 spiro atoms. The Bertz CT molecular complexity index is 714. The summed E-state index contributed by atoms with van der Waals surface area (Å²) in [6.07, 6.45) is -3.05. The minimum atomic E-state index is -4.63. The molecular weight excluding hydrogens is 363 g/mol. The molecule has 1 unspecified atom stereocenters. The standard InChI is InChI=1S/C18H24F3N3O3/c1-17(2,3)16(25)22-10-12-5-4-8-23(11-12)14-7-6-13(18(19,20)21)9-15(14)24(26)27/h6-7,9,12H,4-5,8,10-11H2,1-3H3,(H,22,25). The Hall–Kier alpha value is -2.32. The van der Waals surface area contributed by atoms with Crippen LogP contribution in [0.4, 0.5) is 24.5 Å². The molecule has 1 aliphatic rings. The van der Waals surface area contributed by atoms with E-state index in [-0.39, 0.29) is 17.5 Å². The van der Waals surface area contributed by atoms with Crippen LogP contribution >= 0.6 is 0 Å². The second-order valence-electron chi connectivity index (χ2n) is 7.87.